The summed E-state index contributed by atoms with van der Waals surface area (Å²) in [5.41, 5.74) is 2.38. The maximum Gasteiger partial charge on any atom is 0.387 e. The van der Waals surface area contributed by atoms with Gasteiger partial charge < -0.3 is 25.2 Å². The smallest absolute Gasteiger partial charge is 0.387 e. The van der Waals surface area contributed by atoms with Crippen molar-refractivity contribution in [3.63, 3.8) is 0 Å². The molecule has 0 heterocycles. The highest BCUT2D eigenvalue weighted by atomic mass is 127. The molecule has 0 fully saturated rings. The van der Waals surface area contributed by atoms with Gasteiger partial charge in [-0.25, -0.2) is 4.99 Å². The SMILES string of the molecule is CCNC(=NCc1cccc(OCC)c1OC(F)F)NCC(O)c1ccc(C)cc1.I. The van der Waals surface area contributed by atoms with E-state index in [9.17, 15) is 13.9 Å². The lowest BCUT2D eigenvalue weighted by molar-refractivity contribution is -0.0520. The number of para-hydroxylation sites is 1. The number of aliphatic hydroxyl groups is 1. The standard InChI is InChI=1S/C22H29F2N3O3.HI/c1-4-25-22(27-14-18(28)16-11-9-15(3)10-12-16)26-13-17-7-6-8-19(29-5-2)20(17)30-21(23)24;/h6-12,18,21,28H,4-5,13-14H2,1-3H3,(H2,25,26,27);1H. The van der Waals surface area contributed by atoms with Crippen LogP contribution in [0.25, 0.3) is 0 Å². The summed E-state index contributed by atoms with van der Waals surface area (Å²) in [4.78, 5) is 4.44. The molecule has 3 N–H and O–H groups in total. The summed E-state index contributed by atoms with van der Waals surface area (Å²) in [6.07, 6.45) is -0.714. The van der Waals surface area contributed by atoms with Crippen LogP contribution in [0.3, 0.4) is 0 Å². The molecular weight excluding hydrogens is 519 g/mol. The number of guanidine groups is 1. The quantitative estimate of drug-likeness (QED) is 0.233. The van der Waals surface area contributed by atoms with Gasteiger partial charge in [0.25, 0.3) is 0 Å². The Morgan fingerprint density at radius 3 is 2.42 bits per heavy atom. The van der Waals surface area contributed by atoms with Crippen LogP contribution < -0.4 is 20.1 Å². The molecule has 0 saturated carbocycles. The van der Waals surface area contributed by atoms with Crippen molar-refractivity contribution in [2.45, 2.75) is 40.0 Å². The lowest BCUT2D eigenvalue weighted by Gasteiger charge is -2.17. The zero-order valence-electron chi connectivity index (χ0n) is 17.9. The number of rotatable bonds is 10. The van der Waals surface area contributed by atoms with E-state index in [1.807, 2.05) is 38.1 Å². The van der Waals surface area contributed by atoms with Gasteiger partial charge in [-0.15, -0.1) is 24.0 Å². The number of benzene rings is 2. The molecular formula is C22H30F2IN3O3. The number of alkyl halides is 2. The highest BCUT2D eigenvalue weighted by molar-refractivity contribution is 14.0. The van der Waals surface area contributed by atoms with Gasteiger partial charge in [0.2, 0.25) is 0 Å². The minimum atomic E-state index is -2.97. The van der Waals surface area contributed by atoms with E-state index in [0.29, 0.717) is 24.7 Å². The second-order valence-corrected chi connectivity index (χ2v) is 6.56. The summed E-state index contributed by atoms with van der Waals surface area (Å²) in [5, 5.41) is 16.5. The molecule has 2 aromatic rings. The Kier molecular flexibility index (Phi) is 12.2. The van der Waals surface area contributed by atoms with E-state index >= 15 is 0 Å². The molecule has 2 aromatic carbocycles. The highest BCUT2D eigenvalue weighted by Crippen LogP contribution is 2.33. The Balaban J connectivity index is 0.00000480. The first-order valence-corrected chi connectivity index (χ1v) is 9.90. The monoisotopic (exact) mass is 549 g/mol. The van der Waals surface area contributed by atoms with Crippen LogP contribution in [-0.4, -0.2) is 37.4 Å². The maximum absolute atomic E-state index is 12.9. The third kappa shape index (κ3) is 8.86. The van der Waals surface area contributed by atoms with Crippen molar-refractivity contribution in [1.82, 2.24) is 10.6 Å². The zero-order chi connectivity index (χ0) is 21.9. The molecule has 0 aliphatic rings. The molecule has 0 aromatic heterocycles. The fourth-order valence-corrected chi connectivity index (χ4v) is 2.78. The summed E-state index contributed by atoms with van der Waals surface area (Å²) in [7, 11) is 0. The Hall–Kier alpha value is -2.14. The minimum Gasteiger partial charge on any atom is -0.490 e. The lowest BCUT2D eigenvalue weighted by Crippen LogP contribution is -2.39. The molecule has 6 nitrogen and oxygen atoms in total. The largest absolute Gasteiger partial charge is 0.490 e. The lowest BCUT2D eigenvalue weighted by atomic mass is 10.1. The van der Waals surface area contributed by atoms with E-state index in [0.717, 1.165) is 11.1 Å². The number of halogens is 3. The van der Waals surface area contributed by atoms with E-state index < -0.39 is 12.7 Å². The molecule has 0 spiro atoms. The number of nitrogens with one attached hydrogen (secondary N) is 2. The maximum atomic E-state index is 12.9. The van der Waals surface area contributed by atoms with E-state index in [1.165, 1.54) is 0 Å². The first-order valence-electron chi connectivity index (χ1n) is 9.90. The van der Waals surface area contributed by atoms with Crippen LogP contribution in [0.5, 0.6) is 11.5 Å². The zero-order valence-corrected chi connectivity index (χ0v) is 20.2. The van der Waals surface area contributed by atoms with Crippen molar-refractivity contribution in [3.8, 4) is 11.5 Å². The van der Waals surface area contributed by atoms with Gasteiger partial charge in [-0.3, -0.25) is 0 Å². The molecule has 0 radical (unpaired) electrons. The first-order chi connectivity index (χ1) is 14.4. The predicted molar refractivity (Wildman–Crippen MR) is 129 cm³/mol. The number of hydrogen-bond acceptors (Lipinski definition) is 4. The molecule has 31 heavy (non-hydrogen) atoms. The second kappa shape index (κ2) is 14.0. The molecule has 0 bridgehead atoms. The van der Waals surface area contributed by atoms with Crippen molar-refractivity contribution < 1.29 is 23.4 Å². The fraction of sp³-hybridized carbons (Fsp3) is 0.409. The predicted octanol–water partition coefficient (Wildman–Crippen LogP) is 4.40. The number of aliphatic hydroxyl groups excluding tert-OH is 1. The Morgan fingerprint density at radius 2 is 1.81 bits per heavy atom. The van der Waals surface area contributed by atoms with Crippen molar-refractivity contribution in [1.29, 1.82) is 0 Å². The van der Waals surface area contributed by atoms with Crippen LogP contribution in [0.1, 0.15) is 36.6 Å². The molecule has 0 aliphatic heterocycles. The Bertz CT molecular complexity index is 820. The number of aliphatic imine (C=N–C) groups is 1. The molecule has 1 atom stereocenters. The van der Waals surface area contributed by atoms with Crippen LogP contribution in [0.15, 0.2) is 47.5 Å². The molecule has 0 saturated heterocycles. The van der Waals surface area contributed by atoms with Crippen molar-refractivity contribution >= 4 is 29.9 Å². The van der Waals surface area contributed by atoms with Gasteiger partial charge in [-0.05, 0) is 32.4 Å². The van der Waals surface area contributed by atoms with E-state index in [-0.39, 0.29) is 48.6 Å². The summed E-state index contributed by atoms with van der Waals surface area (Å²) in [5.74, 6) is 0.681. The third-order valence-electron chi connectivity index (χ3n) is 4.24. The van der Waals surface area contributed by atoms with Gasteiger partial charge in [0.05, 0.1) is 19.3 Å². The van der Waals surface area contributed by atoms with Crippen LogP contribution in [-0.2, 0) is 6.54 Å². The minimum absolute atomic E-state index is 0. The average molecular weight is 549 g/mol. The molecule has 2 rings (SSSR count). The normalized spacial score (nSPS) is 12.2. The Labute approximate surface area is 199 Å². The molecule has 0 aliphatic carbocycles. The van der Waals surface area contributed by atoms with E-state index in [4.69, 9.17) is 4.74 Å². The van der Waals surface area contributed by atoms with Crippen LogP contribution in [0.4, 0.5) is 8.78 Å². The summed E-state index contributed by atoms with van der Waals surface area (Å²) < 4.78 is 35.8. The Morgan fingerprint density at radius 1 is 1.10 bits per heavy atom. The van der Waals surface area contributed by atoms with Crippen molar-refractivity contribution in [3.05, 3.63) is 59.2 Å². The number of ether oxygens (including phenoxy) is 2. The van der Waals surface area contributed by atoms with Crippen LogP contribution >= 0.6 is 24.0 Å². The van der Waals surface area contributed by atoms with Crippen LogP contribution in [0.2, 0.25) is 0 Å². The summed E-state index contributed by atoms with van der Waals surface area (Å²) in [6, 6.07) is 12.6. The van der Waals surface area contributed by atoms with Crippen LogP contribution in [0, 0.1) is 6.92 Å². The average Bonchev–Trinajstić information content (AvgIpc) is 2.72. The van der Waals surface area contributed by atoms with Gasteiger partial charge in [-0.2, -0.15) is 8.78 Å². The highest BCUT2D eigenvalue weighted by Gasteiger charge is 2.16. The number of aryl methyl sites for hydroxylation is 1. The molecule has 9 heteroatoms. The summed E-state index contributed by atoms with van der Waals surface area (Å²) in [6.45, 7) is 3.96. The molecule has 0 amide bonds. The van der Waals surface area contributed by atoms with Gasteiger partial charge in [0, 0.05) is 18.7 Å². The van der Waals surface area contributed by atoms with Gasteiger partial charge in [-0.1, -0.05) is 42.0 Å². The van der Waals surface area contributed by atoms with Gasteiger partial charge >= 0.3 is 6.61 Å². The third-order valence-corrected chi connectivity index (χ3v) is 4.24. The van der Waals surface area contributed by atoms with E-state index in [1.54, 1.807) is 25.1 Å². The topological polar surface area (TPSA) is 75.1 Å². The second-order valence-electron chi connectivity index (χ2n) is 6.56. The van der Waals surface area contributed by atoms with Gasteiger partial charge in [0.1, 0.15) is 0 Å². The molecule has 172 valence electrons. The number of hydrogen-bond donors (Lipinski definition) is 3. The number of nitrogens with zero attached hydrogens (tertiary/aromatic N) is 1. The first kappa shape index (κ1) is 26.9. The molecule has 1 unspecified atom stereocenters. The van der Waals surface area contributed by atoms with Gasteiger partial charge in [0.15, 0.2) is 17.5 Å². The fourth-order valence-electron chi connectivity index (χ4n) is 2.78. The van der Waals surface area contributed by atoms with E-state index in [2.05, 4.69) is 20.4 Å². The van der Waals surface area contributed by atoms with Crippen molar-refractivity contribution in [2.24, 2.45) is 4.99 Å². The van der Waals surface area contributed by atoms with Crippen molar-refractivity contribution in [2.75, 3.05) is 19.7 Å². The summed E-state index contributed by atoms with van der Waals surface area (Å²) >= 11 is 0.